The molecule has 0 aliphatic carbocycles. The molecule has 0 aliphatic heterocycles. The van der Waals surface area contributed by atoms with Gasteiger partial charge in [-0.15, -0.1) is 0 Å². The zero-order chi connectivity index (χ0) is 8.24. The third-order valence-corrected chi connectivity index (χ3v) is 0.908. The standard InChI is InChI=1S/C5H14N2.Cl2O/c6-4-2-1-3-5-7;1-3-2/h1-7H2;. The average Bonchev–Trinajstić information content (AvgIpc) is 1.91. The van der Waals surface area contributed by atoms with E-state index in [-0.39, 0.29) is 0 Å². The highest BCUT2D eigenvalue weighted by atomic mass is 35.6. The molecule has 0 unspecified atom stereocenters. The van der Waals surface area contributed by atoms with Gasteiger partial charge in [0, 0.05) is 0 Å². The maximum absolute atomic E-state index is 5.23. The van der Waals surface area contributed by atoms with Crippen molar-refractivity contribution in [3.63, 3.8) is 0 Å². The van der Waals surface area contributed by atoms with Crippen molar-refractivity contribution in [1.29, 1.82) is 0 Å². The van der Waals surface area contributed by atoms with Crippen molar-refractivity contribution >= 4 is 23.7 Å². The molecule has 0 radical (unpaired) electrons. The van der Waals surface area contributed by atoms with Crippen LogP contribution >= 0.6 is 23.7 Å². The van der Waals surface area contributed by atoms with Gasteiger partial charge < -0.3 is 11.5 Å². The zero-order valence-corrected chi connectivity index (χ0v) is 7.37. The van der Waals surface area contributed by atoms with Crippen LogP contribution in [0.5, 0.6) is 0 Å². The normalized spacial score (nSPS) is 8.40. The highest BCUT2D eigenvalue weighted by Crippen LogP contribution is 1.88. The topological polar surface area (TPSA) is 61.3 Å². The van der Waals surface area contributed by atoms with Crippen molar-refractivity contribution in [2.24, 2.45) is 11.5 Å². The first-order valence-electron chi connectivity index (χ1n) is 3.13. The first-order valence-corrected chi connectivity index (χ1v) is 3.74. The van der Waals surface area contributed by atoms with Gasteiger partial charge in [0.05, 0.1) is 23.7 Å². The van der Waals surface area contributed by atoms with Gasteiger partial charge in [0.2, 0.25) is 0 Å². The number of hydrogen-bond donors (Lipinski definition) is 2. The summed E-state index contributed by atoms with van der Waals surface area (Å²) in [5.74, 6) is 0. The summed E-state index contributed by atoms with van der Waals surface area (Å²) in [6.45, 7) is 1.61. The molecule has 3 nitrogen and oxygen atoms in total. The molecule has 4 N–H and O–H groups in total. The fourth-order valence-electron chi connectivity index (χ4n) is 0.465. The van der Waals surface area contributed by atoms with E-state index in [1.165, 1.54) is 6.42 Å². The SMILES string of the molecule is ClOCl.NCCCCCN. The summed E-state index contributed by atoms with van der Waals surface area (Å²) in [5.41, 5.74) is 10.5. The quantitative estimate of drug-likeness (QED) is 0.656. The van der Waals surface area contributed by atoms with Gasteiger partial charge in [0.25, 0.3) is 0 Å². The Bertz CT molecular complexity index is 44.6. The van der Waals surface area contributed by atoms with E-state index in [4.69, 9.17) is 11.5 Å². The van der Waals surface area contributed by atoms with Crippen molar-refractivity contribution in [2.75, 3.05) is 13.1 Å². The lowest BCUT2D eigenvalue weighted by molar-refractivity contribution is 0.695. The first-order chi connectivity index (χ1) is 4.83. The van der Waals surface area contributed by atoms with Gasteiger partial charge in [0.1, 0.15) is 0 Å². The van der Waals surface area contributed by atoms with Gasteiger partial charge in [-0.2, -0.15) is 3.84 Å². The number of nitrogens with two attached hydrogens (primary N) is 2. The Balaban J connectivity index is 0. The average molecular weight is 189 g/mol. The van der Waals surface area contributed by atoms with Crippen LogP contribution in [0, 0.1) is 0 Å². The summed E-state index contributed by atoms with van der Waals surface area (Å²) in [5, 5.41) is 0. The molecule has 0 amide bonds. The van der Waals surface area contributed by atoms with Crippen LogP contribution in [-0.2, 0) is 3.84 Å². The minimum atomic E-state index is 0.806. The first kappa shape index (κ1) is 13.1. The van der Waals surface area contributed by atoms with E-state index in [0.29, 0.717) is 0 Å². The molecule has 5 heteroatoms. The fraction of sp³-hybridized carbons (Fsp3) is 1.00. The molecule has 0 aromatic rings. The lowest BCUT2D eigenvalue weighted by atomic mass is 10.2. The molecule has 0 spiro atoms. The molecule has 0 saturated carbocycles. The van der Waals surface area contributed by atoms with E-state index in [0.717, 1.165) is 25.9 Å². The molecule has 0 aliphatic rings. The highest BCUT2D eigenvalue weighted by molar-refractivity contribution is 6.24. The molecule has 0 fully saturated rings. The molecule has 0 aromatic carbocycles. The summed E-state index contributed by atoms with van der Waals surface area (Å²) in [4.78, 5) is 0. The van der Waals surface area contributed by atoms with Crippen molar-refractivity contribution in [1.82, 2.24) is 0 Å². The molecule has 0 heterocycles. The molecule has 0 atom stereocenters. The van der Waals surface area contributed by atoms with Crippen LogP contribution < -0.4 is 11.5 Å². The van der Waals surface area contributed by atoms with Crippen LogP contribution in [0.4, 0.5) is 0 Å². The maximum atomic E-state index is 5.23. The largest absolute Gasteiger partial charge is 0.330 e. The van der Waals surface area contributed by atoms with E-state index < -0.39 is 0 Å². The van der Waals surface area contributed by atoms with Crippen LogP contribution in [0.25, 0.3) is 0 Å². The summed E-state index contributed by atoms with van der Waals surface area (Å²) >= 11 is 8.53. The summed E-state index contributed by atoms with van der Waals surface area (Å²) < 4.78 is 3.19. The third kappa shape index (κ3) is 23.7. The molecule has 0 saturated heterocycles. The van der Waals surface area contributed by atoms with Gasteiger partial charge in [-0.25, -0.2) is 0 Å². The van der Waals surface area contributed by atoms with E-state index in [1.807, 2.05) is 0 Å². The minimum Gasteiger partial charge on any atom is -0.330 e. The lowest BCUT2D eigenvalue weighted by Crippen LogP contribution is -2.02. The molecule has 64 valence electrons. The number of hydrogen-bond acceptors (Lipinski definition) is 3. The lowest BCUT2D eigenvalue weighted by Gasteiger charge is -1.91. The predicted molar refractivity (Wildman–Crippen MR) is 44.8 cm³/mol. The number of halogens is 2. The van der Waals surface area contributed by atoms with Crippen LogP contribution in [0.1, 0.15) is 19.3 Å². The number of rotatable bonds is 4. The molecular weight excluding hydrogens is 175 g/mol. The van der Waals surface area contributed by atoms with E-state index >= 15 is 0 Å². The minimum absolute atomic E-state index is 0.806. The fourth-order valence-corrected chi connectivity index (χ4v) is 0.465. The molecule has 0 bridgehead atoms. The zero-order valence-electron chi connectivity index (χ0n) is 5.85. The Kier molecular flexibility index (Phi) is 21.2. The highest BCUT2D eigenvalue weighted by Gasteiger charge is 1.80. The van der Waals surface area contributed by atoms with E-state index in [9.17, 15) is 0 Å². The molecule has 10 heavy (non-hydrogen) atoms. The predicted octanol–water partition coefficient (Wildman–Crippen LogP) is 1.38. The van der Waals surface area contributed by atoms with Crippen LogP contribution in [-0.4, -0.2) is 13.1 Å². The molecule has 0 aromatic heterocycles. The van der Waals surface area contributed by atoms with Crippen molar-refractivity contribution < 1.29 is 3.84 Å². The second kappa shape index (κ2) is 16.2. The van der Waals surface area contributed by atoms with Crippen LogP contribution in [0.2, 0.25) is 0 Å². The Morgan fingerprint density at radius 3 is 1.40 bits per heavy atom. The third-order valence-electron chi connectivity index (χ3n) is 0.908. The molecule has 0 rings (SSSR count). The van der Waals surface area contributed by atoms with Crippen LogP contribution in [0.15, 0.2) is 0 Å². The van der Waals surface area contributed by atoms with Crippen molar-refractivity contribution in [3.05, 3.63) is 0 Å². The van der Waals surface area contributed by atoms with E-state index in [2.05, 4.69) is 27.6 Å². The Morgan fingerprint density at radius 2 is 1.20 bits per heavy atom. The maximum Gasteiger partial charge on any atom is 0.0832 e. The van der Waals surface area contributed by atoms with Gasteiger partial charge >= 0.3 is 0 Å². The van der Waals surface area contributed by atoms with E-state index in [1.54, 1.807) is 0 Å². The summed E-state index contributed by atoms with van der Waals surface area (Å²) in [7, 11) is 0. The van der Waals surface area contributed by atoms with Gasteiger partial charge in [-0.1, -0.05) is 6.42 Å². The second-order valence-corrected chi connectivity index (χ2v) is 2.16. The van der Waals surface area contributed by atoms with Gasteiger partial charge in [-0.05, 0) is 25.9 Å². The second-order valence-electron chi connectivity index (χ2n) is 1.70. The number of unbranched alkanes of at least 4 members (excludes halogenated alkanes) is 2. The summed E-state index contributed by atoms with van der Waals surface area (Å²) in [6, 6.07) is 0. The monoisotopic (exact) mass is 188 g/mol. The van der Waals surface area contributed by atoms with Crippen molar-refractivity contribution in [3.8, 4) is 0 Å². The molecular formula is C5H14Cl2N2O. The Hall–Kier alpha value is 0.460. The Labute approximate surface area is 71.9 Å². The van der Waals surface area contributed by atoms with Crippen LogP contribution in [0.3, 0.4) is 0 Å². The smallest absolute Gasteiger partial charge is 0.0832 e. The van der Waals surface area contributed by atoms with Gasteiger partial charge in [-0.3, -0.25) is 0 Å². The van der Waals surface area contributed by atoms with Gasteiger partial charge in [0.15, 0.2) is 0 Å². The summed E-state index contributed by atoms with van der Waals surface area (Å²) in [6.07, 6.45) is 3.43. The van der Waals surface area contributed by atoms with Crippen molar-refractivity contribution in [2.45, 2.75) is 19.3 Å². The Morgan fingerprint density at radius 1 is 0.900 bits per heavy atom.